The van der Waals surface area contributed by atoms with Gasteiger partial charge in [0.1, 0.15) is 4.32 Å². The predicted molar refractivity (Wildman–Crippen MR) is 138 cm³/mol. The van der Waals surface area contributed by atoms with Crippen molar-refractivity contribution in [1.82, 2.24) is 14.7 Å². The lowest BCUT2D eigenvalue weighted by atomic mass is 10.1. The van der Waals surface area contributed by atoms with Crippen LogP contribution in [0, 0.1) is 6.92 Å². The third-order valence-corrected chi connectivity index (χ3v) is 6.86. The molecule has 0 saturated carbocycles. The molecule has 0 atom stereocenters. The number of benzene rings is 2. The van der Waals surface area contributed by atoms with Crippen LogP contribution < -0.4 is 0 Å². The van der Waals surface area contributed by atoms with Gasteiger partial charge in [0.15, 0.2) is 0 Å². The predicted octanol–water partition coefficient (Wildman–Crippen LogP) is 6.63. The number of unbranched alkanes of at least 4 members (excludes halogenated alkanes) is 3. The van der Waals surface area contributed by atoms with Crippen molar-refractivity contribution in [3.05, 3.63) is 76.8 Å². The fourth-order valence-electron chi connectivity index (χ4n) is 3.67. The van der Waals surface area contributed by atoms with Gasteiger partial charge >= 0.3 is 0 Å². The zero-order valence-corrected chi connectivity index (χ0v) is 20.1. The molecular formula is C26H27N3OS2. The van der Waals surface area contributed by atoms with E-state index in [1.54, 1.807) is 4.90 Å². The number of aryl methyl sites for hydroxylation is 1. The van der Waals surface area contributed by atoms with Crippen molar-refractivity contribution in [2.24, 2.45) is 0 Å². The van der Waals surface area contributed by atoms with Crippen molar-refractivity contribution in [1.29, 1.82) is 0 Å². The van der Waals surface area contributed by atoms with Crippen LogP contribution in [0.15, 0.2) is 65.7 Å². The standard InChI is InChI=1S/C26H27N3OS2/c1-3-4-5-9-16-28-25(30)23(32-26(28)31)17-21-18-29(22-10-7-6-8-11-22)27-24(21)20-14-12-19(2)13-15-20/h6-8,10-15,17-18H,3-5,9,16H2,1-2H3/b23-17-. The van der Waals surface area contributed by atoms with Crippen molar-refractivity contribution in [3.8, 4) is 16.9 Å². The van der Waals surface area contributed by atoms with Crippen molar-refractivity contribution < 1.29 is 4.79 Å². The number of nitrogens with zero attached hydrogens (tertiary/aromatic N) is 3. The fourth-order valence-corrected chi connectivity index (χ4v) is 4.97. The average molecular weight is 462 g/mol. The minimum Gasteiger partial charge on any atom is -0.293 e. The monoisotopic (exact) mass is 461 g/mol. The van der Waals surface area contributed by atoms with Crippen LogP contribution in [0.3, 0.4) is 0 Å². The molecule has 32 heavy (non-hydrogen) atoms. The van der Waals surface area contributed by atoms with Gasteiger partial charge in [0.05, 0.1) is 16.3 Å². The third-order valence-electron chi connectivity index (χ3n) is 5.48. The second-order valence-electron chi connectivity index (χ2n) is 7.97. The van der Waals surface area contributed by atoms with Crippen molar-refractivity contribution in [2.75, 3.05) is 6.54 Å². The third kappa shape index (κ3) is 5.03. The van der Waals surface area contributed by atoms with E-state index in [1.807, 2.05) is 47.3 Å². The van der Waals surface area contributed by atoms with Crippen LogP contribution >= 0.6 is 24.0 Å². The molecule has 2 heterocycles. The number of hydrogen-bond acceptors (Lipinski definition) is 4. The molecule has 0 radical (unpaired) electrons. The number of carbonyl (C=O) groups is 1. The molecule has 1 aliphatic rings. The first kappa shape index (κ1) is 22.5. The first-order chi connectivity index (χ1) is 15.6. The highest BCUT2D eigenvalue weighted by atomic mass is 32.2. The highest BCUT2D eigenvalue weighted by Gasteiger charge is 2.32. The van der Waals surface area contributed by atoms with Gasteiger partial charge in [-0.05, 0) is 31.6 Å². The number of para-hydroxylation sites is 1. The lowest BCUT2D eigenvalue weighted by Gasteiger charge is -2.13. The number of hydrogen-bond donors (Lipinski definition) is 0. The SMILES string of the molecule is CCCCCCN1C(=O)/C(=C/c2cn(-c3ccccc3)nc2-c2ccc(C)cc2)SC1=S. The first-order valence-electron chi connectivity index (χ1n) is 11.0. The molecule has 164 valence electrons. The first-order valence-corrected chi connectivity index (χ1v) is 12.3. The zero-order chi connectivity index (χ0) is 22.5. The van der Waals surface area contributed by atoms with Gasteiger partial charge in [0, 0.05) is 23.9 Å². The van der Waals surface area contributed by atoms with Gasteiger partial charge in [-0.3, -0.25) is 9.69 Å². The summed E-state index contributed by atoms with van der Waals surface area (Å²) in [6.07, 6.45) is 8.38. The summed E-state index contributed by atoms with van der Waals surface area (Å²) in [7, 11) is 0. The van der Waals surface area contributed by atoms with Gasteiger partial charge < -0.3 is 0 Å². The number of aromatic nitrogens is 2. The van der Waals surface area contributed by atoms with Gasteiger partial charge in [0.25, 0.3) is 5.91 Å². The summed E-state index contributed by atoms with van der Waals surface area (Å²) in [5, 5.41) is 4.86. The molecule has 4 rings (SSSR count). The van der Waals surface area contributed by atoms with E-state index in [2.05, 4.69) is 38.1 Å². The molecule has 1 saturated heterocycles. The maximum absolute atomic E-state index is 13.1. The normalized spacial score (nSPS) is 15.2. The zero-order valence-electron chi connectivity index (χ0n) is 18.5. The summed E-state index contributed by atoms with van der Waals surface area (Å²) >= 11 is 6.90. The molecule has 1 aliphatic heterocycles. The van der Waals surface area contributed by atoms with E-state index < -0.39 is 0 Å². The van der Waals surface area contributed by atoms with Crippen molar-refractivity contribution >= 4 is 40.3 Å². The smallest absolute Gasteiger partial charge is 0.266 e. The Hall–Kier alpha value is -2.70. The van der Waals surface area contributed by atoms with E-state index in [9.17, 15) is 4.79 Å². The highest BCUT2D eigenvalue weighted by Crippen LogP contribution is 2.35. The van der Waals surface area contributed by atoms with Gasteiger partial charge in [-0.25, -0.2) is 4.68 Å². The summed E-state index contributed by atoms with van der Waals surface area (Å²) in [6.45, 7) is 4.94. The Kier molecular flexibility index (Phi) is 7.22. The number of rotatable bonds is 8. The summed E-state index contributed by atoms with van der Waals surface area (Å²) in [5.74, 6) is -0.00110. The molecule has 1 fully saturated rings. The van der Waals surface area contributed by atoms with Crippen LogP contribution in [0.2, 0.25) is 0 Å². The molecule has 0 N–H and O–H groups in total. The van der Waals surface area contributed by atoms with E-state index in [4.69, 9.17) is 17.3 Å². The molecule has 0 spiro atoms. The van der Waals surface area contributed by atoms with Crippen LogP contribution in [0.1, 0.15) is 43.7 Å². The van der Waals surface area contributed by atoms with E-state index >= 15 is 0 Å². The van der Waals surface area contributed by atoms with Gasteiger partial charge in [-0.15, -0.1) is 0 Å². The Balaban J connectivity index is 1.67. The van der Waals surface area contributed by atoms with E-state index in [-0.39, 0.29) is 5.91 Å². The minimum absolute atomic E-state index is 0.00110. The summed E-state index contributed by atoms with van der Waals surface area (Å²) in [4.78, 5) is 15.5. The van der Waals surface area contributed by atoms with E-state index in [0.29, 0.717) is 15.8 Å². The topological polar surface area (TPSA) is 38.1 Å². The second kappa shape index (κ2) is 10.3. The molecule has 2 aromatic carbocycles. The number of thiocarbonyl (C=S) groups is 1. The Bertz CT molecular complexity index is 1130. The molecule has 0 bridgehead atoms. The molecule has 0 aliphatic carbocycles. The maximum atomic E-state index is 13.1. The Morgan fingerprint density at radius 2 is 1.78 bits per heavy atom. The summed E-state index contributed by atoms with van der Waals surface area (Å²) in [6, 6.07) is 18.3. The highest BCUT2D eigenvalue weighted by molar-refractivity contribution is 8.26. The second-order valence-corrected chi connectivity index (χ2v) is 9.65. The number of thioether (sulfide) groups is 1. The molecule has 3 aromatic rings. The quantitative estimate of drug-likeness (QED) is 0.214. The van der Waals surface area contributed by atoms with Crippen LogP contribution in [0.25, 0.3) is 23.0 Å². The Labute approximate surface area is 199 Å². The molecule has 1 amide bonds. The summed E-state index contributed by atoms with van der Waals surface area (Å²) < 4.78 is 2.51. The maximum Gasteiger partial charge on any atom is 0.266 e. The van der Waals surface area contributed by atoms with E-state index in [1.165, 1.54) is 30.2 Å². The number of carbonyl (C=O) groups excluding carboxylic acids is 1. The van der Waals surface area contributed by atoms with Crippen LogP contribution in [-0.4, -0.2) is 31.5 Å². The Morgan fingerprint density at radius 3 is 2.50 bits per heavy atom. The number of amides is 1. The average Bonchev–Trinajstić information content (AvgIpc) is 3.34. The fraction of sp³-hybridized carbons (Fsp3) is 0.269. The van der Waals surface area contributed by atoms with E-state index in [0.717, 1.165) is 35.3 Å². The van der Waals surface area contributed by atoms with Crippen LogP contribution in [0.4, 0.5) is 0 Å². The van der Waals surface area contributed by atoms with Gasteiger partial charge in [0.2, 0.25) is 0 Å². The Morgan fingerprint density at radius 1 is 1.03 bits per heavy atom. The van der Waals surface area contributed by atoms with Crippen molar-refractivity contribution in [3.63, 3.8) is 0 Å². The van der Waals surface area contributed by atoms with Gasteiger partial charge in [-0.2, -0.15) is 5.10 Å². The van der Waals surface area contributed by atoms with Crippen LogP contribution in [-0.2, 0) is 4.79 Å². The minimum atomic E-state index is -0.00110. The molecule has 4 nitrogen and oxygen atoms in total. The largest absolute Gasteiger partial charge is 0.293 e. The summed E-state index contributed by atoms with van der Waals surface area (Å²) in [5.41, 5.74) is 4.95. The molecule has 1 aromatic heterocycles. The molecule has 6 heteroatoms. The van der Waals surface area contributed by atoms with Crippen LogP contribution in [0.5, 0.6) is 0 Å². The van der Waals surface area contributed by atoms with Gasteiger partial charge in [-0.1, -0.05) is 98.2 Å². The van der Waals surface area contributed by atoms with Crippen molar-refractivity contribution in [2.45, 2.75) is 39.5 Å². The lowest BCUT2D eigenvalue weighted by molar-refractivity contribution is -0.122. The molecular weight excluding hydrogens is 434 g/mol. The molecule has 0 unspecified atom stereocenters. The lowest BCUT2D eigenvalue weighted by Crippen LogP contribution is -2.29.